The molecule has 0 aromatic rings. The van der Waals surface area contributed by atoms with E-state index < -0.39 is 42.7 Å². The summed E-state index contributed by atoms with van der Waals surface area (Å²) < 4.78 is 11.4. The van der Waals surface area contributed by atoms with Crippen LogP contribution in [0, 0.1) is 17.3 Å². The van der Waals surface area contributed by atoms with Crippen molar-refractivity contribution >= 4 is 0 Å². The Morgan fingerprint density at radius 2 is 1.81 bits per heavy atom. The molecule has 1 heterocycles. The van der Waals surface area contributed by atoms with E-state index in [0.717, 1.165) is 6.42 Å². The Balaban J connectivity index is 2.05. The first kappa shape index (κ1) is 23.0. The Labute approximate surface area is 160 Å². The molecule has 2 rings (SSSR count). The summed E-state index contributed by atoms with van der Waals surface area (Å²) >= 11 is 0. The summed E-state index contributed by atoms with van der Waals surface area (Å²) in [5.41, 5.74) is -0.397. The van der Waals surface area contributed by atoms with Crippen LogP contribution in [0.1, 0.15) is 46.5 Å². The monoisotopic (exact) mass is 392 g/mol. The van der Waals surface area contributed by atoms with Gasteiger partial charge in [0.1, 0.15) is 24.4 Å². The van der Waals surface area contributed by atoms with Crippen molar-refractivity contribution in [3.05, 3.63) is 0 Å². The van der Waals surface area contributed by atoms with Gasteiger partial charge in [0.05, 0.1) is 18.8 Å². The predicted molar refractivity (Wildman–Crippen MR) is 96.6 cm³/mol. The third-order valence-corrected chi connectivity index (χ3v) is 6.34. The molecule has 10 atom stereocenters. The molecule has 1 saturated carbocycles. The van der Waals surface area contributed by atoms with Crippen LogP contribution >= 0.6 is 0 Å². The van der Waals surface area contributed by atoms with Gasteiger partial charge in [-0.1, -0.05) is 13.8 Å². The number of hydrogen-bond acceptors (Lipinski definition) is 8. The number of hydrogen-bond donors (Lipinski definition) is 6. The van der Waals surface area contributed by atoms with E-state index in [1.54, 1.807) is 6.92 Å². The molecular weight excluding hydrogens is 356 g/mol. The van der Waals surface area contributed by atoms with Crippen molar-refractivity contribution in [2.24, 2.45) is 17.3 Å². The van der Waals surface area contributed by atoms with Crippen LogP contribution in [0.4, 0.5) is 0 Å². The van der Waals surface area contributed by atoms with E-state index in [2.05, 4.69) is 6.92 Å². The first-order valence-corrected chi connectivity index (χ1v) is 9.87. The van der Waals surface area contributed by atoms with Crippen LogP contribution in [0.25, 0.3) is 0 Å². The molecule has 8 nitrogen and oxygen atoms in total. The van der Waals surface area contributed by atoms with Gasteiger partial charge in [0.15, 0.2) is 6.29 Å². The smallest absolute Gasteiger partial charge is 0.186 e. The topological polar surface area (TPSA) is 140 Å². The fourth-order valence-corrected chi connectivity index (χ4v) is 4.73. The van der Waals surface area contributed by atoms with E-state index in [4.69, 9.17) is 9.47 Å². The van der Waals surface area contributed by atoms with Crippen molar-refractivity contribution in [3.63, 3.8) is 0 Å². The van der Waals surface area contributed by atoms with E-state index in [0.29, 0.717) is 19.3 Å². The maximum atomic E-state index is 10.2. The number of aliphatic hydroxyl groups excluding tert-OH is 6. The van der Waals surface area contributed by atoms with E-state index in [1.165, 1.54) is 0 Å². The lowest BCUT2D eigenvalue weighted by Crippen LogP contribution is -2.60. The molecule has 160 valence electrons. The van der Waals surface area contributed by atoms with Gasteiger partial charge in [-0.15, -0.1) is 0 Å². The first-order chi connectivity index (χ1) is 12.6. The van der Waals surface area contributed by atoms with Crippen molar-refractivity contribution in [3.8, 4) is 0 Å². The lowest BCUT2D eigenvalue weighted by molar-refractivity contribution is -0.317. The Bertz CT molecular complexity index is 459. The molecule has 0 spiro atoms. The van der Waals surface area contributed by atoms with Gasteiger partial charge in [-0.2, -0.15) is 0 Å². The number of aliphatic hydroxyl groups is 6. The maximum Gasteiger partial charge on any atom is 0.186 e. The molecule has 0 aromatic heterocycles. The van der Waals surface area contributed by atoms with Gasteiger partial charge in [-0.25, -0.2) is 0 Å². The van der Waals surface area contributed by atoms with E-state index in [9.17, 15) is 30.6 Å². The van der Waals surface area contributed by atoms with E-state index in [1.807, 2.05) is 6.92 Å². The van der Waals surface area contributed by atoms with E-state index in [-0.39, 0.29) is 30.7 Å². The molecule has 0 aromatic carbocycles. The van der Waals surface area contributed by atoms with Gasteiger partial charge in [-0.05, 0) is 49.9 Å². The van der Waals surface area contributed by atoms with Crippen molar-refractivity contribution in [2.45, 2.75) is 89.4 Å². The first-order valence-electron chi connectivity index (χ1n) is 9.87. The summed E-state index contributed by atoms with van der Waals surface area (Å²) in [6.07, 6.45) is -4.44. The van der Waals surface area contributed by atoms with Crippen molar-refractivity contribution in [1.29, 1.82) is 0 Å². The van der Waals surface area contributed by atoms with Gasteiger partial charge < -0.3 is 40.1 Å². The summed E-state index contributed by atoms with van der Waals surface area (Å²) in [4.78, 5) is 0. The minimum atomic E-state index is -1.47. The average Bonchev–Trinajstić information content (AvgIpc) is 2.61. The second-order valence-electron chi connectivity index (χ2n) is 8.72. The highest BCUT2D eigenvalue weighted by atomic mass is 16.7. The lowest BCUT2D eigenvalue weighted by atomic mass is 9.61. The van der Waals surface area contributed by atoms with Gasteiger partial charge in [0.25, 0.3) is 0 Å². The van der Waals surface area contributed by atoms with Crippen LogP contribution in [0.5, 0.6) is 0 Å². The third kappa shape index (κ3) is 5.19. The Kier molecular flexibility index (Phi) is 8.04. The zero-order valence-electron chi connectivity index (χ0n) is 16.4. The standard InChI is InChI=1S/C19H36O8/c1-10-6-12(7-19(3,9-21)13(10)5-4-11(2)22)26-18-17(25)16(24)15(23)14(8-20)27-18/h10-18,20-25H,4-9H2,1-3H3. The lowest BCUT2D eigenvalue weighted by Gasteiger charge is -2.49. The minimum absolute atomic E-state index is 0.0175. The molecule has 0 bridgehead atoms. The molecule has 2 fully saturated rings. The molecule has 1 aliphatic carbocycles. The van der Waals surface area contributed by atoms with Gasteiger partial charge in [-0.3, -0.25) is 0 Å². The predicted octanol–water partition coefficient (Wildman–Crippen LogP) is -0.623. The molecule has 1 aliphatic heterocycles. The Morgan fingerprint density at radius 1 is 1.15 bits per heavy atom. The van der Waals surface area contributed by atoms with Gasteiger partial charge in [0, 0.05) is 6.61 Å². The fourth-order valence-electron chi connectivity index (χ4n) is 4.73. The second kappa shape index (κ2) is 9.45. The van der Waals surface area contributed by atoms with Crippen LogP contribution < -0.4 is 0 Å². The summed E-state index contributed by atoms with van der Waals surface area (Å²) in [5, 5.41) is 58.9. The molecule has 1 saturated heterocycles. The van der Waals surface area contributed by atoms with Crippen LogP contribution in [0.15, 0.2) is 0 Å². The Morgan fingerprint density at radius 3 is 2.37 bits per heavy atom. The Hall–Kier alpha value is -0.320. The van der Waals surface area contributed by atoms with Gasteiger partial charge >= 0.3 is 0 Å². The zero-order chi connectivity index (χ0) is 20.4. The molecule has 2 aliphatic rings. The fraction of sp³-hybridized carbons (Fsp3) is 1.00. The second-order valence-corrected chi connectivity index (χ2v) is 8.72. The van der Waals surface area contributed by atoms with Crippen molar-refractivity contribution in [2.75, 3.05) is 13.2 Å². The quantitative estimate of drug-likeness (QED) is 0.337. The van der Waals surface area contributed by atoms with Crippen molar-refractivity contribution in [1.82, 2.24) is 0 Å². The summed E-state index contributed by atoms with van der Waals surface area (Å²) in [6, 6.07) is 0. The zero-order valence-corrected chi connectivity index (χ0v) is 16.4. The molecule has 0 amide bonds. The molecule has 8 heteroatoms. The normalized spacial score (nSPS) is 47.0. The summed E-state index contributed by atoms with van der Waals surface area (Å²) in [6.45, 7) is 5.33. The highest BCUT2D eigenvalue weighted by molar-refractivity contribution is 4.95. The molecule has 10 unspecified atom stereocenters. The number of ether oxygens (including phenoxy) is 2. The van der Waals surface area contributed by atoms with Crippen LogP contribution in [0.2, 0.25) is 0 Å². The van der Waals surface area contributed by atoms with Crippen LogP contribution in [0.3, 0.4) is 0 Å². The molecular formula is C19H36O8. The highest BCUT2D eigenvalue weighted by Crippen LogP contribution is 2.47. The van der Waals surface area contributed by atoms with Crippen molar-refractivity contribution < 1.29 is 40.1 Å². The third-order valence-electron chi connectivity index (χ3n) is 6.34. The average molecular weight is 392 g/mol. The molecule has 27 heavy (non-hydrogen) atoms. The summed E-state index contributed by atoms with van der Waals surface area (Å²) in [7, 11) is 0. The van der Waals surface area contributed by atoms with Crippen LogP contribution in [-0.4, -0.2) is 86.8 Å². The molecule has 0 radical (unpaired) electrons. The minimum Gasteiger partial charge on any atom is -0.396 e. The van der Waals surface area contributed by atoms with Gasteiger partial charge in [0.2, 0.25) is 0 Å². The van der Waals surface area contributed by atoms with E-state index >= 15 is 0 Å². The van der Waals surface area contributed by atoms with Crippen LogP contribution in [-0.2, 0) is 9.47 Å². The highest BCUT2D eigenvalue weighted by Gasteiger charge is 2.48. The largest absolute Gasteiger partial charge is 0.396 e. The maximum absolute atomic E-state index is 10.2. The number of rotatable bonds is 7. The molecule has 6 N–H and O–H groups in total. The SMILES string of the molecule is CC(O)CCC1C(C)CC(OC2OC(CO)C(O)C(O)C2O)CC1(C)CO. The summed E-state index contributed by atoms with van der Waals surface area (Å²) in [5.74, 6) is 0.455.